The van der Waals surface area contributed by atoms with E-state index < -0.39 is 0 Å². The van der Waals surface area contributed by atoms with Crippen LogP contribution in [0, 0.1) is 0 Å². The molecule has 71 valence electrons. The molecule has 1 nitrogen and oxygen atoms in total. The lowest BCUT2D eigenvalue weighted by Gasteiger charge is -2.07. The van der Waals surface area contributed by atoms with Crippen LogP contribution in [0.25, 0.3) is 0 Å². The molecule has 0 N–H and O–H groups in total. The standard InChI is InChI=1S/C12H17O/c1-3-6-10-8-5-9-12(13)11(10)7-4-2/h5,8-9H,3-4,6-7H2,1-2H3. The Kier molecular flexibility index (Phi) is 3.81. The van der Waals surface area contributed by atoms with Gasteiger partial charge in [-0.1, -0.05) is 38.8 Å². The smallest absolute Gasteiger partial charge is 0.182 e. The predicted molar refractivity (Wildman–Crippen MR) is 54.6 cm³/mol. The Morgan fingerprint density at radius 3 is 2.38 bits per heavy atom. The summed E-state index contributed by atoms with van der Waals surface area (Å²) in [4.78, 5) is 0. The quantitative estimate of drug-likeness (QED) is 0.667. The van der Waals surface area contributed by atoms with Crippen molar-refractivity contribution in [2.24, 2.45) is 0 Å². The van der Waals surface area contributed by atoms with Gasteiger partial charge in [-0.2, -0.15) is 0 Å². The van der Waals surface area contributed by atoms with E-state index in [2.05, 4.69) is 19.9 Å². The minimum atomic E-state index is 0.216. The van der Waals surface area contributed by atoms with Gasteiger partial charge >= 0.3 is 0 Å². The van der Waals surface area contributed by atoms with Gasteiger partial charge in [0.1, 0.15) is 0 Å². The topological polar surface area (TPSA) is 19.9 Å². The van der Waals surface area contributed by atoms with Gasteiger partial charge in [-0.05, 0) is 24.5 Å². The molecular formula is C12H17O. The maximum atomic E-state index is 11.5. The number of hydrogen-bond donors (Lipinski definition) is 0. The van der Waals surface area contributed by atoms with Gasteiger partial charge in [0.15, 0.2) is 5.75 Å². The Hall–Kier alpha value is -0.980. The lowest BCUT2D eigenvalue weighted by atomic mass is 9.99. The maximum Gasteiger partial charge on any atom is 0.182 e. The number of aryl methyl sites for hydroxylation is 1. The van der Waals surface area contributed by atoms with Gasteiger partial charge in [0, 0.05) is 5.56 Å². The third kappa shape index (κ3) is 2.48. The molecule has 1 aromatic carbocycles. The van der Waals surface area contributed by atoms with Gasteiger partial charge in [-0.15, -0.1) is 0 Å². The van der Waals surface area contributed by atoms with E-state index in [-0.39, 0.29) is 5.75 Å². The molecule has 0 heterocycles. The highest BCUT2D eigenvalue weighted by Crippen LogP contribution is 2.24. The minimum Gasteiger partial charge on any atom is -0.290 e. The molecule has 1 aromatic rings. The Labute approximate surface area is 80.4 Å². The van der Waals surface area contributed by atoms with Crippen LogP contribution in [0.3, 0.4) is 0 Å². The first kappa shape index (κ1) is 10.1. The SMILES string of the molecule is CCCc1cccc([O])c1CCC. The van der Waals surface area contributed by atoms with E-state index in [9.17, 15) is 5.11 Å². The molecule has 0 saturated carbocycles. The van der Waals surface area contributed by atoms with Gasteiger partial charge in [-0.3, -0.25) is 5.11 Å². The molecule has 0 spiro atoms. The van der Waals surface area contributed by atoms with E-state index >= 15 is 0 Å². The summed E-state index contributed by atoms with van der Waals surface area (Å²) >= 11 is 0. The fourth-order valence-corrected chi connectivity index (χ4v) is 1.65. The summed E-state index contributed by atoms with van der Waals surface area (Å²) in [6.45, 7) is 4.26. The molecule has 0 atom stereocenters. The summed E-state index contributed by atoms with van der Waals surface area (Å²) in [5.74, 6) is 0.216. The van der Waals surface area contributed by atoms with Gasteiger partial charge < -0.3 is 0 Å². The first-order chi connectivity index (χ1) is 6.29. The Bertz CT molecular complexity index is 266. The summed E-state index contributed by atoms with van der Waals surface area (Å²) in [6.07, 6.45) is 4.12. The van der Waals surface area contributed by atoms with Crippen LogP contribution in [-0.2, 0) is 17.9 Å². The Morgan fingerprint density at radius 2 is 1.77 bits per heavy atom. The van der Waals surface area contributed by atoms with Crippen molar-refractivity contribution >= 4 is 0 Å². The van der Waals surface area contributed by atoms with Crippen molar-refractivity contribution in [3.05, 3.63) is 29.3 Å². The Balaban J connectivity index is 2.95. The third-order valence-corrected chi connectivity index (χ3v) is 2.25. The Morgan fingerprint density at radius 1 is 1.08 bits per heavy atom. The van der Waals surface area contributed by atoms with Crippen LogP contribution in [0.2, 0.25) is 0 Å². The summed E-state index contributed by atoms with van der Waals surface area (Å²) < 4.78 is 0. The van der Waals surface area contributed by atoms with Crippen LogP contribution in [0.15, 0.2) is 18.2 Å². The number of benzene rings is 1. The van der Waals surface area contributed by atoms with E-state index in [1.54, 1.807) is 6.07 Å². The maximum absolute atomic E-state index is 11.5. The third-order valence-electron chi connectivity index (χ3n) is 2.25. The molecular weight excluding hydrogens is 160 g/mol. The molecule has 0 aromatic heterocycles. The first-order valence-corrected chi connectivity index (χ1v) is 5.07. The van der Waals surface area contributed by atoms with Crippen molar-refractivity contribution < 1.29 is 5.11 Å². The summed E-state index contributed by atoms with van der Waals surface area (Å²) in [5, 5.41) is 11.5. The van der Waals surface area contributed by atoms with Crippen LogP contribution in [0.1, 0.15) is 37.8 Å². The molecule has 0 aliphatic carbocycles. The molecule has 1 radical (unpaired) electrons. The molecule has 0 unspecified atom stereocenters. The van der Waals surface area contributed by atoms with E-state index in [4.69, 9.17) is 0 Å². The molecule has 0 amide bonds. The molecule has 0 aliphatic rings. The summed E-state index contributed by atoms with van der Waals surface area (Å²) in [7, 11) is 0. The molecule has 1 heteroatoms. The van der Waals surface area contributed by atoms with Crippen molar-refractivity contribution in [1.29, 1.82) is 0 Å². The second-order valence-corrected chi connectivity index (χ2v) is 3.39. The average molecular weight is 177 g/mol. The van der Waals surface area contributed by atoms with Crippen LogP contribution in [0.5, 0.6) is 5.75 Å². The lowest BCUT2D eigenvalue weighted by Crippen LogP contribution is -1.93. The van der Waals surface area contributed by atoms with Gasteiger partial charge in [0.2, 0.25) is 0 Å². The molecule has 0 saturated heterocycles. The van der Waals surface area contributed by atoms with E-state index in [1.165, 1.54) is 5.56 Å². The molecule has 0 bridgehead atoms. The van der Waals surface area contributed by atoms with E-state index in [0.29, 0.717) is 0 Å². The fourth-order valence-electron chi connectivity index (χ4n) is 1.65. The zero-order chi connectivity index (χ0) is 9.68. The number of rotatable bonds is 4. The second-order valence-electron chi connectivity index (χ2n) is 3.39. The van der Waals surface area contributed by atoms with E-state index in [1.807, 2.05) is 6.07 Å². The highest BCUT2D eigenvalue weighted by Gasteiger charge is 2.06. The van der Waals surface area contributed by atoms with Crippen molar-refractivity contribution in [3.63, 3.8) is 0 Å². The van der Waals surface area contributed by atoms with Crippen LogP contribution in [0.4, 0.5) is 0 Å². The molecule has 13 heavy (non-hydrogen) atoms. The predicted octanol–water partition coefficient (Wildman–Crippen LogP) is 3.74. The highest BCUT2D eigenvalue weighted by atomic mass is 16.3. The minimum absolute atomic E-state index is 0.216. The van der Waals surface area contributed by atoms with E-state index in [0.717, 1.165) is 31.2 Å². The van der Waals surface area contributed by atoms with Gasteiger partial charge in [0.25, 0.3) is 0 Å². The van der Waals surface area contributed by atoms with Crippen molar-refractivity contribution in [2.45, 2.75) is 39.5 Å². The van der Waals surface area contributed by atoms with Crippen molar-refractivity contribution in [1.82, 2.24) is 0 Å². The molecule has 0 aliphatic heterocycles. The normalized spacial score (nSPS) is 10.3. The lowest BCUT2D eigenvalue weighted by molar-refractivity contribution is 0.349. The summed E-state index contributed by atoms with van der Waals surface area (Å²) in [5.41, 5.74) is 2.28. The zero-order valence-electron chi connectivity index (χ0n) is 8.47. The largest absolute Gasteiger partial charge is 0.290 e. The number of hydrogen-bond acceptors (Lipinski definition) is 0. The van der Waals surface area contributed by atoms with Crippen LogP contribution >= 0.6 is 0 Å². The highest BCUT2D eigenvalue weighted by molar-refractivity contribution is 5.39. The first-order valence-electron chi connectivity index (χ1n) is 5.07. The zero-order valence-corrected chi connectivity index (χ0v) is 8.47. The van der Waals surface area contributed by atoms with Gasteiger partial charge in [0.05, 0.1) is 0 Å². The average Bonchev–Trinajstić information content (AvgIpc) is 2.11. The van der Waals surface area contributed by atoms with Crippen molar-refractivity contribution in [2.75, 3.05) is 0 Å². The second kappa shape index (κ2) is 4.90. The molecule has 1 rings (SSSR count). The van der Waals surface area contributed by atoms with Crippen molar-refractivity contribution in [3.8, 4) is 5.75 Å². The van der Waals surface area contributed by atoms with Crippen LogP contribution < -0.4 is 0 Å². The summed E-state index contributed by atoms with van der Waals surface area (Å²) in [6, 6.07) is 5.62. The van der Waals surface area contributed by atoms with Crippen LogP contribution in [-0.4, -0.2) is 0 Å². The monoisotopic (exact) mass is 177 g/mol. The van der Waals surface area contributed by atoms with Gasteiger partial charge in [-0.25, -0.2) is 0 Å². The molecule has 0 fully saturated rings. The fraction of sp³-hybridized carbons (Fsp3) is 0.500.